The molecule has 3 rings (SSSR count). The molecule has 10 heteroatoms. The Bertz CT molecular complexity index is 981. The number of methoxy groups -OCH3 is 1. The molecule has 0 bridgehead atoms. The maximum atomic E-state index is 12.4. The minimum Gasteiger partial charge on any atom is -0.406 e. The Hall–Kier alpha value is -2.19. The summed E-state index contributed by atoms with van der Waals surface area (Å²) in [7, 11) is 5.56. The van der Waals surface area contributed by atoms with Gasteiger partial charge >= 0.3 is 6.36 Å². The van der Waals surface area contributed by atoms with E-state index in [1.165, 1.54) is 24.3 Å². The highest BCUT2D eigenvalue weighted by molar-refractivity contribution is 7.28. The summed E-state index contributed by atoms with van der Waals surface area (Å²) in [6, 6.07) is 7.51. The van der Waals surface area contributed by atoms with Crippen molar-refractivity contribution in [3.05, 3.63) is 53.6 Å². The Morgan fingerprint density at radius 3 is 2.50 bits per heavy atom. The van der Waals surface area contributed by atoms with E-state index >= 15 is 0 Å². The zero-order valence-electron chi connectivity index (χ0n) is 17.8. The number of hydrogen-bond acceptors (Lipinski definition) is 5. The average Bonchev–Trinajstić information content (AvgIpc) is 3.18. The maximum absolute atomic E-state index is 12.4. The zero-order chi connectivity index (χ0) is 23.3. The van der Waals surface area contributed by atoms with Crippen molar-refractivity contribution in [1.82, 2.24) is 4.90 Å². The van der Waals surface area contributed by atoms with Gasteiger partial charge in [0.2, 0.25) is 0 Å². The summed E-state index contributed by atoms with van der Waals surface area (Å²) < 4.78 is 46.4. The lowest BCUT2D eigenvalue weighted by Gasteiger charge is -2.31. The Morgan fingerprint density at radius 1 is 1.28 bits per heavy atom. The van der Waals surface area contributed by atoms with E-state index in [0.29, 0.717) is 11.8 Å². The highest BCUT2D eigenvalue weighted by atomic mass is 32.1. The molecule has 0 unspecified atom stereocenters. The van der Waals surface area contributed by atoms with E-state index in [9.17, 15) is 13.2 Å². The molecule has 0 aliphatic carbocycles. The largest absolute Gasteiger partial charge is 0.573 e. The first kappa shape index (κ1) is 24.5. The Morgan fingerprint density at radius 2 is 1.94 bits per heavy atom. The molecule has 2 aromatic rings. The van der Waals surface area contributed by atoms with Crippen LogP contribution in [0.25, 0.3) is 0 Å². The molecule has 172 valence electrons. The van der Waals surface area contributed by atoms with E-state index in [1.54, 1.807) is 24.6 Å². The minimum absolute atomic E-state index is 0.281. The Kier molecular flexibility index (Phi) is 8.11. The van der Waals surface area contributed by atoms with Gasteiger partial charge in [0.05, 0.1) is 22.1 Å². The summed E-state index contributed by atoms with van der Waals surface area (Å²) in [6.45, 7) is 7.40. The second-order valence-electron chi connectivity index (χ2n) is 7.21. The van der Waals surface area contributed by atoms with Gasteiger partial charge in [-0.25, -0.2) is 0 Å². The van der Waals surface area contributed by atoms with Gasteiger partial charge in [0.1, 0.15) is 10.8 Å². The predicted octanol–water partition coefficient (Wildman–Crippen LogP) is 6.07. The smallest absolute Gasteiger partial charge is 0.406 e. The summed E-state index contributed by atoms with van der Waals surface area (Å²) in [5.41, 5.74) is 3.14. The molecule has 5 nitrogen and oxygen atoms in total. The molecule has 1 saturated heterocycles. The number of nitrogens with zero attached hydrogens (tertiary/aromatic N) is 2. The van der Waals surface area contributed by atoms with Gasteiger partial charge in [-0.05, 0) is 56.3 Å². The van der Waals surface area contributed by atoms with Crippen LogP contribution in [0.1, 0.15) is 30.2 Å². The third-order valence-electron chi connectivity index (χ3n) is 5.05. The van der Waals surface area contributed by atoms with Crippen molar-refractivity contribution >= 4 is 42.0 Å². The second-order valence-corrected chi connectivity index (χ2v) is 8.74. The molecule has 1 aliphatic rings. The number of hydrogen-bond donors (Lipinski definition) is 1. The number of halogens is 3. The van der Waals surface area contributed by atoms with Crippen molar-refractivity contribution in [2.24, 2.45) is 4.99 Å². The molecule has 1 fully saturated rings. The zero-order valence-corrected chi connectivity index (χ0v) is 19.6. The van der Waals surface area contributed by atoms with E-state index in [4.69, 9.17) is 4.74 Å². The summed E-state index contributed by atoms with van der Waals surface area (Å²) >= 11 is 1.57. The Balaban J connectivity index is 1.79. The van der Waals surface area contributed by atoms with E-state index in [0.717, 1.165) is 52.5 Å². The molecule has 0 spiro atoms. The molecule has 1 N–H and O–H groups in total. The lowest BCUT2D eigenvalue weighted by molar-refractivity contribution is -0.274. The number of rotatable bonds is 8. The molecular formula is C22H25F3N3O2PS. The fourth-order valence-corrected chi connectivity index (χ4v) is 4.95. The molecule has 32 heavy (non-hydrogen) atoms. The quantitative estimate of drug-likeness (QED) is 0.366. The lowest BCUT2D eigenvalue weighted by Crippen LogP contribution is -2.39. The number of ether oxygens (including phenoxy) is 2. The van der Waals surface area contributed by atoms with Gasteiger partial charge < -0.3 is 14.8 Å². The topological polar surface area (TPSA) is 46.1 Å². The number of aliphatic imine (C=N–C) groups is 1. The van der Waals surface area contributed by atoms with Crippen LogP contribution in [0.3, 0.4) is 0 Å². The normalized spacial score (nSPS) is 16.1. The van der Waals surface area contributed by atoms with Gasteiger partial charge in [-0.2, -0.15) is 0 Å². The summed E-state index contributed by atoms with van der Waals surface area (Å²) in [5, 5.41) is 4.04. The summed E-state index contributed by atoms with van der Waals surface area (Å²) in [5.74, 6) is -0.281. The van der Waals surface area contributed by atoms with Crippen molar-refractivity contribution in [2.45, 2.75) is 32.2 Å². The van der Waals surface area contributed by atoms with Crippen LogP contribution < -0.4 is 10.1 Å². The van der Waals surface area contributed by atoms with Crippen LogP contribution in [-0.2, 0) is 4.74 Å². The predicted molar refractivity (Wildman–Crippen MR) is 127 cm³/mol. The van der Waals surface area contributed by atoms with Gasteiger partial charge in [0.15, 0.2) is 0 Å². The summed E-state index contributed by atoms with van der Waals surface area (Å²) in [6.07, 6.45) is -0.886. The first-order chi connectivity index (χ1) is 15.2. The molecule has 0 radical (unpaired) electrons. The molecule has 0 saturated carbocycles. The van der Waals surface area contributed by atoms with Crippen molar-refractivity contribution in [1.29, 1.82) is 0 Å². The molecule has 1 aliphatic heterocycles. The van der Waals surface area contributed by atoms with E-state index in [1.807, 2.05) is 13.0 Å². The maximum Gasteiger partial charge on any atom is 0.573 e. The van der Waals surface area contributed by atoms with Gasteiger partial charge in [-0.3, -0.25) is 9.89 Å². The van der Waals surface area contributed by atoms with Crippen LogP contribution in [0.2, 0.25) is 0 Å². The SMILES string of the molecule is C=CNc1sc(C(=P)N2CCC(OC)CC2)cc1C(C)=Nc1ccc(OC(F)(F)F)cc1. The van der Waals surface area contributed by atoms with Crippen LogP contribution in [0.4, 0.5) is 23.9 Å². The standard InChI is InChI=1S/C22H25F3N3O2PS/c1-4-26-20-18(13-19(32-20)21(31)28-11-9-16(29-3)10-12-28)14(2)27-15-5-7-17(8-6-15)30-22(23,24)25/h4-8,13,16,26,31H,1,9-12H2,2-3H3. The molecule has 0 amide bonds. The monoisotopic (exact) mass is 483 g/mol. The first-order valence-electron chi connectivity index (χ1n) is 9.99. The lowest BCUT2D eigenvalue weighted by atomic mass is 10.1. The molecule has 1 aromatic heterocycles. The third kappa shape index (κ3) is 6.42. The van der Waals surface area contributed by atoms with E-state index < -0.39 is 6.36 Å². The minimum atomic E-state index is -4.72. The molecule has 1 aromatic carbocycles. The van der Waals surface area contributed by atoms with Gasteiger partial charge in [0, 0.05) is 31.5 Å². The van der Waals surface area contributed by atoms with Crippen LogP contribution in [0.15, 0.2) is 48.1 Å². The first-order valence-corrected chi connectivity index (χ1v) is 11.3. The second kappa shape index (κ2) is 10.6. The molecule has 2 heterocycles. The van der Waals surface area contributed by atoms with Crippen molar-refractivity contribution in [2.75, 3.05) is 25.5 Å². The number of piperidine rings is 1. The van der Waals surface area contributed by atoms with Gasteiger partial charge in [-0.15, -0.1) is 33.4 Å². The van der Waals surface area contributed by atoms with Gasteiger partial charge in [-0.1, -0.05) is 6.58 Å². The number of nitrogens with one attached hydrogen (secondary N) is 1. The third-order valence-corrected chi connectivity index (χ3v) is 6.89. The van der Waals surface area contributed by atoms with Crippen LogP contribution in [0.5, 0.6) is 5.75 Å². The van der Waals surface area contributed by atoms with Crippen LogP contribution in [-0.4, -0.2) is 48.7 Å². The number of alkyl halides is 3. The number of anilines is 1. The van der Waals surface area contributed by atoms with Crippen molar-refractivity contribution < 1.29 is 22.6 Å². The summed E-state index contributed by atoms with van der Waals surface area (Å²) in [4.78, 5) is 7.90. The highest BCUT2D eigenvalue weighted by Crippen LogP contribution is 2.32. The average molecular weight is 483 g/mol. The number of benzene rings is 1. The van der Waals surface area contributed by atoms with Crippen molar-refractivity contribution in [3.8, 4) is 5.75 Å². The highest BCUT2D eigenvalue weighted by Gasteiger charge is 2.31. The Labute approximate surface area is 191 Å². The van der Waals surface area contributed by atoms with Crippen LogP contribution >= 0.6 is 20.2 Å². The van der Waals surface area contributed by atoms with Gasteiger partial charge in [0.25, 0.3) is 0 Å². The fourth-order valence-electron chi connectivity index (χ4n) is 3.42. The van der Waals surface area contributed by atoms with Crippen LogP contribution in [0, 0.1) is 0 Å². The van der Waals surface area contributed by atoms with E-state index in [2.05, 4.69) is 35.4 Å². The van der Waals surface area contributed by atoms with E-state index in [-0.39, 0.29) is 5.75 Å². The number of likely N-dealkylation sites (tertiary alicyclic amines) is 1. The van der Waals surface area contributed by atoms with Crippen molar-refractivity contribution in [3.63, 3.8) is 0 Å². The fraction of sp³-hybridized carbons (Fsp3) is 0.364. The molecular weight excluding hydrogens is 458 g/mol. The molecule has 0 atom stereocenters. The number of thiophene rings is 1.